The van der Waals surface area contributed by atoms with Crippen LogP contribution in [0, 0.1) is 0 Å². The molecule has 0 saturated heterocycles. The van der Waals surface area contributed by atoms with E-state index >= 15 is 0 Å². The number of benzene rings is 2. The maximum atomic E-state index is 12.6. The summed E-state index contributed by atoms with van der Waals surface area (Å²) in [7, 11) is 0. The molecule has 3 rings (SSSR count). The third-order valence-electron chi connectivity index (χ3n) is 5.46. The lowest BCUT2D eigenvalue weighted by molar-refractivity contribution is 0.0935. The van der Waals surface area contributed by atoms with Crippen molar-refractivity contribution in [1.29, 1.82) is 0 Å². The number of hydrogen-bond acceptors (Lipinski definition) is 2. The maximum Gasteiger partial charge on any atom is 0.251 e. The van der Waals surface area contributed by atoms with E-state index in [2.05, 4.69) is 17.2 Å². The van der Waals surface area contributed by atoms with Crippen molar-refractivity contribution in [2.24, 2.45) is 0 Å². The van der Waals surface area contributed by atoms with E-state index in [9.17, 15) is 9.59 Å². The molecule has 0 aliphatic heterocycles. The van der Waals surface area contributed by atoms with Gasteiger partial charge in [0.15, 0.2) is 0 Å². The number of amides is 2. The van der Waals surface area contributed by atoms with Gasteiger partial charge >= 0.3 is 0 Å². The molecule has 2 N–H and O–H groups in total. The van der Waals surface area contributed by atoms with Gasteiger partial charge in [-0.15, -0.1) is 0 Å². The molecule has 1 aliphatic carbocycles. The minimum Gasteiger partial charge on any atom is -0.349 e. The lowest BCUT2D eigenvalue weighted by atomic mass is 10.0. The molecule has 0 aromatic heterocycles. The summed E-state index contributed by atoms with van der Waals surface area (Å²) in [5.74, 6) is -0.187. The lowest BCUT2D eigenvalue weighted by Crippen LogP contribution is -2.32. The number of carbonyl (C=O) groups is 2. The van der Waals surface area contributed by atoms with Crippen molar-refractivity contribution in [3.05, 3.63) is 102 Å². The quantitative estimate of drug-likeness (QED) is 0.566. The number of carbonyl (C=O) groups excluding carboxylic acids is 2. The van der Waals surface area contributed by atoms with Crippen LogP contribution in [-0.2, 0) is 6.54 Å². The first-order valence-electron chi connectivity index (χ1n) is 10.8. The molecule has 0 heterocycles. The standard InChI is InChI=1S/C27H30N2O2/c1-3-8-21(9-4-2)22-14-16-23(17-15-22)26(30)28-19-20-10-7-11-24(18-20)27(31)29-25-12-5-6-13-25/h3-4,7-11,14-18,25H,1,5-6,12-13,19H2,2H3,(H,28,30)(H,29,31)/b9-4-,21-8+. The minimum atomic E-state index is -0.146. The van der Waals surface area contributed by atoms with E-state index in [1.54, 1.807) is 6.08 Å². The largest absolute Gasteiger partial charge is 0.349 e. The molecule has 2 aromatic carbocycles. The Morgan fingerprint density at radius 2 is 1.71 bits per heavy atom. The second-order valence-corrected chi connectivity index (χ2v) is 7.77. The Labute approximate surface area is 184 Å². The summed E-state index contributed by atoms with van der Waals surface area (Å²) in [6, 6.07) is 15.2. The van der Waals surface area contributed by atoms with Crippen LogP contribution in [0.3, 0.4) is 0 Å². The molecule has 31 heavy (non-hydrogen) atoms. The molecule has 2 amide bonds. The Kier molecular flexibility index (Phi) is 7.99. The van der Waals surface area contributed by atoms with Gasteiger partial charge in [-0.05, 0) is 60.7 Å². The third-order valence-corrected chi connectivity index (χ3v) is 5.46. The van der Waals surface area contributed by atoms with Gasteiger partial charge in [0.2, 0.25) is 0 Å². The van der Waals surface area contributed by atoms with Crippen LogP contribution in [0.2, 0.25) is 0 Å². The molecule has 0 unspecified atom stereocenters. The second kappa shape index (κ2) is 11.1. The van der Waals surface area contributed by atoms with Crippen molar-refractivity contribution in [3.63, 3.8) is 0 Å². The second-order valence-electron chi connectivity index (χ2n) is 7.77. The smallest absolute Gasteiger partial charge is 0.251 e. The Hall–Kier alpha value is -3.40. The zero-order valence-corrected chi connectivity index (χ0v) is 18.1. The molecule has 0 radical (unpaired) electrons. The summed E-state index contributed by atoms with van der Waals surface area (Å²) >= 11 is 0. The van der Waals surface area contributed by atoms with Crippen LogP contribution in [0.5, 0.6) is 0 Å². The van der Waals surface area contributed by atoms with Gasteiger partial charge in [-0.2, -0.15) is 0 Å². The van der Waals surface area contributed by atoms with Gasteiger partial charge < -0.3 is 10.6 Å². The summed E-state index contributed by atoms with van der Waals surface area (Å²) in [6.07, 6.45) is 12.1. The molecule has 1 fully saturated rings. The third kappa shape index (κ3) is 6.29. The first kappa shape index (κ1) is 22.3. The van der Waals surface area contributed by atoms with E-state index in [1.165, 1.54) is 12.8 Å². The highest BCUT2D eigenvalue weighted by atomic mass is 16.2. The summed E-state index contributed by atoms with van der Waals surface area (Å²) in [6.45, 7) is 6.08. The van der Waals surface area contributed by atoms with Gasteiger partial charge in [-0.25, -0.2) is 0 Å². The topological polar surface area (TPSA) is 58.2 Å². The lowest BCUT2D eigenvalue weighted by Gasteiger charge is -2.13. The highest BCUT2D eigenvalue weighted by Gasteiger charge is 2.18. The molecule has 1 aliphatic rings. The average Bonchev–Trinajstić information content (AvgIpc) is 3.30. The minimum absolute atomic E-state index is 0.0415. The van der Waals surface area contributed by atoms with Crippen molar-refractivity contribution in [2.75, 3.05) is 0 Å². The van der Waals surface area contributed by atoms with Crippen LogP contribution in [0.4, 0.5) is 0 Å². The van der Waals surface area contributed by atoms with E-state index in [0.29, 0.717) is 17.7 Å². The number of rotatable bonds is 8. The Morgan fingerprint density at radius 1 is 1.00 bits per heavy atom. The number of nitrogens with one attached hydrogen (secondary N) is 2. The summed E-state index contributed by atoms with van der Waals surface area (Å²) in [4.78, 5) is 25.0. The summed E-state index contributed by atoms with van der Waals surface area (Å²) in [5.41, 5.74) is 4.19. The highest BCUT2D eigenvalue weighted by molar-refractivity contribution is 5.95. The fourth-order valence-corrected chi connectivity index (χ4v) is 3.81. The predicted octanol–water partition coefficient (Wildman–Crippen LogP) is 5.43. The Morgan fingerprint density at radius 3 is 2.39 bits per heavy atom. The van der Waals surface area contributed by atoms with Crippen molar-refractivity contribution in [1.82, 2.24) is 10.6 Å². The zero-order chi connectivity index (χ0) is 22.1. The molecule has 2 aromatic rings. The SMILES string of the molecule is C=C/C=C(\C=C/C)c1ccc(C(=O)NCc2cccc(C(=O)NC3CCCC3)c2)cc1. The molecular formula is C27H30N2O2. The number of hydrogen-bond donors (Lipinski definition) is 2. The summed E-state index contributed by atoms with van der Waals surface area (Å²) < 4.78 is 0. The van der Waals surface area contributed by atoms with Crippen LogP contribution in [0.15, 0.2) is 79.4 Å². The van der Waals surface area contributed by atoms with Crippen LogP contribution in [0.25, 0.3) is 5.57 Å². The van der Waals surface area contributed by atoms with Crippen LogP contribution in [0.1, 0.15) is 64.4 Å². The molecule has 4 nitrogen and oxygen atoms in total. The van der Waals surface area contributed by atoms with Gasteiger partial charge in [-0.3, -0.25) is 9.59 Å². The van der Waals surface area contributed by atoms with Crippen LogP contribution in [-0.4, -0.2) is 17.9 Å². The summed E-state index contributed by atoms with van der Waals surface area (Å²) in [5, 5.41) is 6.04. The van der Waals surface area contributed by atoms with E-state index in [1.807, 2.05) is 73.7 Å². The molecule has 0 bridgehead atoms. The van der Waals surface area contributed by atoms with Gasteiger partial charge in [0.25, 0.3) is 11.8 Å². The fourth-order valence-electron chi connectivity index (χ4n) is 3.81. The number of allylic oxidation sites excluding steroid dienone is 5. The molecule has 160 valence electrons. The van der Waals surface area contributed by atoms with Crippen molar-refractivity contribution in [3.8, 4) is 0 Å². The molecule has 0 spiro atoms. The highest BCUT2D eigenvalue weighted by Crippen LogP contribution is 2.19. The van der Waals surface area contributed by atoms with Crippen molar-refractivity contribution in [2.45, 2.75) is 45.2 Å². The first-order valence-corrected chi connectivity index (χ1v) is 10.8. The monoisotopic (exact) mass is 414 g/mol. The first-order chi connectivity index (χ1) is 15.1. The van der Waals surface area contributed by atoms with E-state index in [-0.39, 0.29) is 17.9 Å². The van der Waals surface area contributed by atoms with Gasteiger partial charge in [0, 0.05) is 23.7 Å². The molecule has 4 heteroatoms. The van der Waals surface area contributed by atoms with E-state index < -0.39 is 0 Å². The molecular weight excluding hydrogens is 384 g/mol. The maximum absolute atomic E-state index is 12.6. The predicted molar refractivity (Wildman–Crippen MR) is 127 cm³/mol. The normalized spacial score (nSPS) is 14.5. The van der Waals surface area contributed by atoms with Crippen LogP contribution >= 0.6 is 0 Å². The van der Waals surface area contributed by atoms with E-state index in [4.69, 9.17) is 0 Å². The van der Waals surface area contributed by atoms with Gasteiger partial charge in [0.1, 0.15) is 0 Å². The fraction of sp³-hybridized carbons (Fsp3) is 0.259. The Bertz CT molecular complexity index is 981. The van der Waals surface area contributed by atoms with Crippen molar-refractivity contribution >= 4 is 17.4 Å². The van der Waals surface area contributed by atoms with Gasteiger partial charge in [0.05, 0.1) is 0 Å². The zero-order valence-electron chi connectivity index (χ0n) is 18.1. The van der Waals surface area contributed by atoms with Gasteiger partial charge in [-0.1, -0.05) is 68.0 Å². The average molecular weight is 415 g/mol. The van der Waals surface area contributed by atoms with Crippen LogP contribution < -0.4 is 10.6 Å². The van der Waals surface area contributed by atoms with Crippen molar-refractivity contribution < 1.29 is 9.59 Å². The molecule has 1 saturated carbocycles. The Balaban J connectivity index is 1.59. The van der Waals surface area contributed by atoms with E-state index in [0.717, 1.165) is 29.5 Å². The molecule has 0 atom stereocenters.